The van der Waals surface area contributed by atoms with Crippen molar-refractivity contribution in [2.75, 3.05) is 0 Å². The summed E-state index contributed by atoms with van der Waals surface area (Å²) in [6, 6.07) is 3.47. The minimum Gasteiger partial charge on any atom is -0.287 e. The SMILES string of the molecule is Cc1cc(C(=O)c2c(Br)cnn2C)ccn1. The van der Waals surface area contributed by atoms with E-state index in [4.69, 9.17) is 0 Å². The normalized spacial score (nSPS) is 10.4. The zero-order chi connectivity index (χ0) is 11.7. The number of carbonyl (C=O) groups is 1. The van der Waals surface area contributed by atoms with E-state index < -0.39 is 0 Å². The molecule has 0 spiro atoms. The molecule has 0 amide bonds. The second-order valence-corrected chi connectivity index (χ2v) is 4.33. The molecule has 0 aliphatic heterocycles. The second-order valence-electron chi connectivity index (χ2n) is 3.48. The van der Waals surface area contributed by atoms with Gasteiger partial charge in [0.25, 0.3) is 0 Å². The van der Waals surface area contributed by atoms with Crippen molar-refractivity contribution in [3.63, 3.8) is 0 Å². The third-order valence-electron chi connectivity index (χ3n) is 2.27. The Morgan fingerprint density at radius 2 is 2.25 bits per heavy atom. The van der Waals surface area contributed by atoms with Gasteiger partial charge in [-0.3, -0.25) is 14.5 Å². The van der Waals surface area contributed by atoms with E-state index in [2.05, 4.69) is 26.0 Å². The standard InChI is InChI=1S/C11H10BrN3O/c1-7-5-8(3-4-13-7)11(16)10-9(12)6-14-15(10)2/h3-6H,1-2H3. The molecule has 5 heteroatoms. The highest BCUT2D eigenvalue weighted by atomic mass is 79.9. The molecule has 0 aliphatic rings. The van der Waals surface area contributed by atoms with Gasteiger partial charge in [-0.1, -0.05) is 0 Å². The number of aromatic nitrogens is 3. The van der Waals surface area contributed by atoms with Crippen molar-refractivity contribution >= 4 is 21.7 Å². The van der Waals surface area contributed by atoms with Crippen molar-refractivity contribution in [3.8, 4) is 0 Å². The number of nitrogens with zero attached hydrogens (tertiary/aromatic N) is 3. The van der Waals surface area contributed by atoms with E-state index in [1.54, 1.807) is 36.3 Å². The summed E-state index contributed by atoms with van der Waals surface area (Å²) in [7, 11) is 1.74. The lowest BCUT2D eigenvalue weighted by molar-refractivity contribution is 0.102. The lowest BCUT2D eigenvalue weighted by Crippen LogP contribution is -2.09. The molecule has 2 heterocycles. The first kappa shape index (κ1) is 11.0. The van der Waals surface area contributed by atoms with Crippen LogP contribution >= 0.6 is 15.9 Å². The zero-order valence-electron chi connectivity index (χ0n) is 8.94. The fourth-order valence-corrected chi connectivity index (χ4v) is 2.02. The lowest BCUT2D eigenvalue weighted by Gasteiger charge is -2.03. The zero-order valence-corrected chi connectivity index (χ0v) is 10.5. The summed E-state index contributed by atoms with van der Waals surface area (Å²) >= 11 is 3.31. The minimum atomic E-state index is -0.0580. The Balaban J connectivity index is 2.47. The average molecular weight is 280 g/mol. The average Bonchev–Trinajstić information content (AvgIpc) is 2.58. The summed E-state index contributed by atoms with van der Waals surface area (Å²) in [4.78, 5) is 16.2. The van der Waals surface area contributed by atoms with Crippen LogP contribution in [0, 0.1) is 6.92 Å². The molecular weight excluding hydrogens is 270 g/mol. The highest BCUT2D eigenvalue weighted by Crippen LogP contribution is 2.19. The summed E-state index contributed by atoms with van der Waals surface area (Å²) < 4.78 is 2.26. The Labute approximate surface area is 101 Å². The van der Waals surface area contributed by atoms with Gasteiger partial charge < -0.3 is 0 Å². The van der Waals surface area contributed by atoms with E-state index in [1.807, 2.05) is 6.92 Å². The molecule has 82 valence electrons. The fourth-order valence-electron chi connectivity index (χ4n) is 1.49. The fraction of sp³-hybridized carbons (Fsp3) is 0.182. The van der Waals surface area contributed by atoms with E-state index in [1.165, 1.54) is 0 Å². The van der Waals surface area contributed by atoms with Crippen molar-refractivity contribution in [3.05, 3.63) is 46.0 Å². The molecule has 16 heavy (non-hydrogen) atoms. The van der Waals surface area contributed by atoms with Crippen molar-refractivity contribution < 1.29 is 4.79 Å². The number of carbonyl (C=O) groups excluding carboxylic acids is 1. The molecule has 2 aromatic rings. The van der Waals surface area contributed by atoms with Gasteiger partial charge in [0, 0.05) is 24.5 Å². The van der Waals surface area contributed by atoms with Crippen LogP contribution < -0.4 is 0 Å². The Bertz CT molecular complexity index is 528. The predicted octanol–water partition coefficient (Wildman–Crippen LogP) is 2.12. The van der Waals surface area contributed by atoms with Crippen molar-refractivity contribution in [2.24, 2.45) is 7.05 Å². The molecule has 0 atom stereocenters. The summed E-state index contributed by atoms with van der Waals surface area (Å²) in [5.74, 6) is -0.0580. The molecule has 0 saturated heterocycles. The number of rotatable bonds is 2. The van der Waals surface area contributed by atoms with Gasteiger partial charge in [0.15, 0.2) is 0 Å². The van der Waals surface area contributed by atoms with Crippen molar-refractivity contribution in [2.45, 2.75) is 6.92 Å². The molecule has 2 rings (SSSR count). The largest absolute Gasteiger partial charge is 0.287 e. The van der Waals surface area contributed by atoms with E-state index >= 15 is 0 Å². The van der Waals surface area contributed by atoms with Crippen LogP contribution in [0.1, 0.15) is 21.7 Å². The third kappa shape index (κ3) is 1.90. The number of halogens is 1. The Morgan fingerprint density at radius 1 is 1.50 bits per heavy atom. The van der Waals surface area contributed by atoms with Gasteiger partial charge in [0.1, 0.15) is 5.69 Å². The van der Waals surface area contributed by atoms with Crippen molar-refractivity contribution in [1.29, 1.82) is 0 Å². The van der Waals surface area contributed by atoms with Crippen LogP contribution in [-0.2, 0) is 7.05 Å². The van der Waals surface area contributed by atoms with Crippen LogP contribution in [0.4, 0.5) is 0 Å². The van der Waals surface area contributed by atoms with Gasteiger partial charge >= 0.3 is 0 Å². The molecule has 0 bridgehead atoms. The number of pyridine rings is 1. The molecule has 2 aromatic heterocycles. The minimum absolute atomic E-state index is 0.0580. The van der Waals surface area contributed by atoms with Gasteiger partial charge in [0.05, 0.1) is 10.7 Å². The maximum atomic E-state index is 12.2. The van der Waals surface area contributed by atoms with Crippen LogP contribution in [0.25, 0.3) is 0 Å². The van der Waals surface area contributed by atoms with Gasteiger partial charge in [-0.05, 0) is 35.0 Å². The molecule has 0 radical (unpaired) electrons. The topological polar surface area (TPSA) is 47.8 Å². The monoisotopic (exact) mass is 279 g/mol. The van der Waals surface area contributed by atoms with E-state index in [-0.39, 0.29) is 5.78 Å². The molecule has 0 unspecified atom stereocenters. The number of ketones is 1. The van der Waals surface area contributed by atoms with Gasteiger partial charge in [-0.25, -0.2) is 0 Å². The highest BCUT2D eigenvalue weighted by Gasteiger charge is 2.17. The van der Waals surface area contributed by atoms with Gasteiger partial charge in [0.2, 0.25) is 5.78 Å². The molecule has 0 saturated carbocycles. The quantitative estimate of drug-likeness (QED) is 0.792. The molecule has 0 fully saturated rings. The third-order valence-corrected chi connectivity index (χ3v) is 2.85. The van der Waals surface area contributed by atoms with E-state index in [0.717, 1.165) is 5.69 Å². The summed E-state index contributed by atoms with van der Waals surface area (Å²) in [6.07, 6.45) is 3.24. The molecule has 4 nitrogen and oxygen atoms in total. The highest BCUT2D eigenvalue weighted by molar-refractivity contribution is 9.10. The van der Waals surface area contributed by atoms with Crippen LogP contribution in [0.3, 0.4) is 0 Å². The first-order valence-electron chi connectivity index (χ1n) is 4.74. The lowest BCUT2D eigenvalue weighted by atomic mass is 10.1. The predicted molar refractivity (Wildman–Crippen MR) is 63.3 cm³/mol. The molecule has 0 N–H and O–H groups in total. The van der Waals surface area contributed by atoms with Crippen LogP contribution in [0.2, 0.25) is 0 Å². The van der Waals surface area contributed by atoms with Crippen LogP contribution in [0.5, 0.6) is 0 Å². The Kier molecular flexibility index (Phi) is 2.87. The first-order valence-corrected chi connectivity index (χ1v) is 5.53. The van der Waals surface area contributed by atoms with Gasteiger partial charge in [-0.2, -0.15) is 5.10 Å². The first-order chi connectivity index (χ1) is 7.59. The summed E-state index contributed by atoms with van der Waals surface area (Å²) in [5.41, 5.74) is 1.99. The van der Waals surface area contributed by atoms with E-state index in [0.29, 0.717) is 15.7 Å². The molecule has 0 aliphatic carbocycles. The smallest absolute Gasteiger partial charge is 0.212 e. The van der Waals surface area contributed by atoms with E-state index in [9.17, 15) is 4.79 Å². The molecule has 0 aromatic carbocycles. The maximum Gasteiger partial charge on any atom is 0.212 e. The number of hydrogen-bond donors (Lipinski definition) is 0. The van der Waals surface area contributed by atoms with Crippen LogP contribution in [-0.4, -0.2) is 20.5 Å². The summed E-state index contributed by atoms with van der Waals surface area (Å²) in [5, 5.41) is 4.02. The number of hydrogen-bond acceptors (Lipinski definition) is 3. The number of aryl methyl sites for hydroxylation is 2. The van der Waals surface area contributed by atoms with Crippen LogP contribution in [0.15, 0.2) is 29.0 Å². The maximum absolute atomic E-state index is 12.2. The van der Waals surface area contributed by atoms with Gasteiger partial charge in [-0.15, -0.1) is 0 Å². The summed E-state index contributed by atoms with van der Waals surface area (Å²) in [6.45, 7) is 1.86. The second kappa shape index (κ2) is 4.17. The molecular formula is C11H10BrN3O. The Morgan fingerprint density at radius 3 is 2.81 bits per heavy atom. The Hall–Kier alpha value is -1.49. The van der Waals surface area contributed by atoms with Crippen molar-refractivity contribution in [1.82, 2.24) is 14.8 Å².